The predicted octanol–water partition coefficient (Wildman–Crippen LogP) is 4.09. The molecule has 8 nitrogen and oxygen atoms in total. The van der Waals surface area contributed by atoms with Crippen LogP contribution in [0.1, 0.15) is 39.0 Å². The van der Waals surface area contributed by atoms with Gasteiger partial charge in [-0.15, -0.1) is 0 Å². The van der Waals surface area contributed by atoms with Gasteiger partial charge in [-0.1, -0.05) is 60.7 Å². The molecular weight excluding hydrogens is 434 g/mol. The topological polar surface area (TPSA) is 94.3 Å². The summed E-state index contributed by atoms with van der Waals surface area (Å²) in [5.41, 5.74) is 2.70. The van der Waals surface area contributed by atoms with Gasteiger partial charge in [-0.25, -0.2) is 0 Å². The van der Waals surface area contributed by atoms with Crippen molar-refractivity contribution in [3.8, 4) is 11.5 Å². The fraction of sp³-hybridized carbons (Fsp3) is 0.231. The number of Topliss-reactive ketones (excluding diaryl/α,β-unsaturated/α-hetero) is 1. The van der Waals surface area contributed by atoms with Crippen molar-refractivity contribution in [3.63, 3.8) is 0 Å². The van der Waals surface area contributed by atoms with E-state index in [1.807, 2.05) is 30.3 Å². The maximum absolute atomic E-state index is 13.8. The van der Waals surface area contributed by atoms with Crippen LogP contribution in [0.4, 0.5) is 0 Å². The number of nitro groups is 1. The summed E-state index contributed by atoms with van der Waals surface area (Å²) in [5.74, 6) is -0.0298. The van der Waals surface area contributed by atoms with Crippen LogP contribution in [0.2, 0.25) is 0 Å². The zero-order valence-electron chi connectivity index (χ0n) is 18.7. The smallest absolute Gasteiger partial charge is 0.248 e. The van der Waals surface area contributed by atoms with E-state index in [1.54, 1.807) is 53.7 Å². The quantitative estimate of drug-likeness (QED) is 0.314. The molecule has 0 aliphatic carbocycles. The molecule has 5 rings (SSSR count). The van der Waals surface area contributed by atoms with Crippen molar-refractivity contribution in [1.82, 2.24) is 5.01 Å². The number of carbonyl (C=O) groups excluding carboxylic acids is 1. The average molecular weight is 457 g/mol. The molecule has 1 fully saturated rings. The minimum Gasteiger partial charge on any atom is -0.493 e. The lowest BCUT2D eigenvalue weighted by atomic mass is 9.82. The Morgan fingerprint density at radius 3 is 2.38 bits per heavy atom. The van der Waals surface area contributed by atoms with Gasteiger partial charge in [0.05, 0.1) is 26.4 Å². The minimum absolute atomic E-state index is 0.216. The second-order valence-corrected chi connectivity index (χ2v) is 8.29. The summed E-state index contributed by atoms with van der Waals surface area (Å²) in [6, 6.07) is 18.9. The van der Waals surface area contributed by atoms with Crippen molar-refractivity contribution >= 4 is 12.0 Å². The zero-order valence-corrected chi connectivity index (χ0v) is 18.7. The van der Waals surface area contributed by atoms with Crippen molar-refractivity contribution in [2.45, 2.75) is 24.0 Å². The Labute approximate surface area is 196 Å². The van der Waals surface area contributed by atoms with Crippen molar-refractivity contribution in [2.75, 3.05) is 14.2 Å². The van der Waals surface area contributed by atoms with Crippen molar-refractivity contribution in [3.05, 3.63) is 105 Å². The number of fused-ring (bicyclic) bond motifs is 3. The van der Waals surface area contributed by atoms with E-state index in [0.717, 1.165) is 11.1 Å². The van der Waals surface area contributed by atoms with Gasteiger partial charge in [0.25, 0.3) is 0 Å². The van der Waals surface area contributed by atoms with E-state index in [9.17, 15) is 14.9 Å². The first kappa shape index (κ1) is 21.6. The van der Waals surface area contributed by atoms with Crippen molar-refractivity contribution < 1.29 is 19.2 Å². The van der Waals surface area contributed by atoms with Crippen LogP contribution in [-0.4, -0.2) is 48.2 Å². The number of carbonyl (C=O) groups is 1. The SMILES string of the molecule is COc1ccc([C@@H]2[C@@H]([N+](=O)[O-])[C@@H]3c4ccccc4C=NN3[C@@H]2C(=O)c2ccccc2)cc1OC. The summed E-state index contributed by atoms with van der Waals surface area (Å²) in [6.45, 7) is 0. The Morgan fingerprint density at radius 1 is 0.971 bits per heavy atom. The molecule has 3 aromatic rings. The number of rotatable bonds is 6. The highest BCUT2D eigenvalue weighted by Gasteiger charge is 2.60. The molecule has 34 heavy (non-hydrogen) atoms. The molecule has 0 aromatic heterocycles. The third kappa shape index (κ3) is 3.39. The van der Waals surface area contributed by atoms with Crippen molar-refractivity contribution in [2.24, 2.45) is 5.10 Å². The van der Waals surface area contributed by atoms with E-state index in [4.69, 9.17) is 9.47 Å². The fourth-order valence-corrected chi connectivity index (χ4v) is 5.12. The monoisotopic (exact) mass is 457 g/mol. The summed E-state index contributed by atoms with van der Waals surface area (Å²) < 4.78 is 10.8. The lowest BCUT2D eigenvalue weighted by Gasteiger charge is -2.30. The fourth-order valence-electron chi connectivity index (χ4n) is 5.12. The second-order valence-electron chi connectivity index (χ2n) is 8.29. The molecule has 2 aliphatic rings. The zero-order chi connectivity index (χ0) is 23.8. The van der Waals surface area contributed by atoms with E-state index in [1.165, 1.54) is 14.2 Å². The van der Waals surface area contributed by atoms with Gasteiger partial charge < -0.3 is 9.47 Å². The summed E-state index contributed by atoms with van der Waals surface area (Å²) in [6.07, 6.45) is 1.67. The number of benzene rings is 3. The first-order valence-corrected chi connectivity index (χ1v) is 10.9. The number of hydrazone groups is 1. The van der Waals surface area contributed by atoms with Gasteiger partial charge in [0.1, 0.15) is 12.1 Å². The first-order valence-electron chi connectivity index (χ1n) is 10.9. The van der Waals surface area contributed by atoms with Gasteiger partial charge in [-0.2, -0.15) is 5.10 Å². The lowest BCUT2D eigenvalue weighted by Crippen LogP contribution is -2.38. The van der Waals surface area contributed by atoms with Gasteiger partial charge in [0.15, 0.2) is 17.3 Å². The molecule has 0 unspecified atom stereocenters. The molecule has 3 aromatic carbocycles. The normalized spacial score (nSPS) is 22.6. The molecule has 1 saturated heterocycles. The van der Waals surface area contributed by atoms with E-state index in [0.29, 0.717) is 22.6 Å². The van der Waals surface area contributed by atoms with Crippen LogP contribution in [-0.2, 0) is 0 Å². The summed E-state index contributed by atoms with van der Waals surface area (Å²) >= 11 is 0. The Balaban J connectivity index is 1.72. The Morgan fingerprint density at radius 2 is 1.68 bits per heavy atom. The molecular formula is C26H23N3O5. The predicted molar refractivity (Wildman–Crippen MR) is 126 cm³/mol. The minimum atomic E-state index is -1.10. The number of hydrogen-bond donors (Lipinski definition) is 0. The average Bonchev–Trinajstić information content (AvgIpc) is 3.24. The van der Waals surface area contributed by atoms with Crippen LogP contribution in [0.25, 0.3) is 0 Å². The van der Waals surface area contributed by atoms with Gasteiger partial charge >= 0.3 is 0 Å². The van der Waals surface area contributed by atoms with E-state index >= 15 is 0 Å². The number of hydrogen-bond acceptors (Lipinski definition) is 7. The lowest BCUT2D eigenvalue weighted by molar-refractivity contribution is -0.529. The third-order valence-electron chi connectivity index (χ3n) is 6.61. The van der Waals surface area contributed by atoms with Gasteiger partial charge in [-0.05, 0) is 23.3 Å². The Hall–Kier alpha value is -4.20. The van der Waals surface area contributed by atoms with Crippen LogP contribution in [0.15, 0.2) is 77.9 Å². The highest BCUT2D eigenvalue weighted by molar-refractivity contribution is 6.01. The van der Waals surface area contributed by atoms with Gasteiger partial charge in [-0.3, -0.25) is 19.9 Å². The highest BCUT2D eigenvalue weighted by Crippen LogP contribution is 2.50. The van der Waals surface area contributed by atoms with E-state index < -0.39 is 24.0 Å². The molecule has 172 valence electrons. The van der Waals surface area contributed by atoms with Crippen LogP contribution in [0, 0.1) is 10.1 Å². The molecule has 2 aliphatic heterocycles. The van der Waals surface area contributed by atoms with E-state index in [-0.39, 0.29) is 10.7 Å². The largest absolute Gasteiger partial charge is 0.493 e. The molecule has 0 N–H and O–H groups in total. The number of ether oxygens (including phenoxy) is 2. The van der Waals surface area contributed by atoms with Crippen molar-refractivity contribution in [1.29, 1.82) is 0 Å². The highest BCUT2D eigenvalue weighted by atomic mass is 16.6. The maximum atomic E-state index is 13.8. The van der Waals surface area contributed by atoms with Gasteiger partial charge in [0, 0.05) is 16.1 Å². The molecule has 8 heteroatoms. The molecule has 0 radical (unpaired) electrons. The molecule has 0 bridgehead atoms. The van der Waals surface area contributed by atoms with Gasteiger partial charge in [0.2, 0.25) is 6.04 Å². The van der Waals surface area contributed by atoms with E-state index in [2.05, 4.69) is 5.10 Å². The molecule has 2 heterocycles. The van der Waals surface area contributed by atoms with Crippen LogP contribution < -0.4 is 9.47 Å². The molecule has 0 saturated carbocycles. The Bertz CT molecular complexity index is 1280. The Kier molecular flexibility index (Phi) is 5.49. The number of nitrogens with zero attached hydrogens (tertiary/aromatic N) is 3. The maximum Gasteiger partial charge on any atom is 0.248 e. The number of methoxy groups -OCH3 is 2. The van der Waals surface area contributed by atoms with Crippen LogP contribution >= 0.6 is 0 Å². The van der Waals surface area contributed by atoms with Crippen LogP contribution in [0.5, 0.6) is 11.5 Å². The van der Waals surface area contributed by atoms with Crippen LogP contribution in [0.3, 0.4) is 0 Å². The summed E-state index contributed by atoms with van der Waals surface area (Å²) in [4.78, 5) is 26.2. The number of ketones is 1. The first-order chi connectivity index (χ1) is 16.5. The standard InChI is InChI=1S/C26H23N3O5/c1-33-20-13-12-17(14-21(20)34-2)22-24(29(31)32)23-19-11-7-6-10-18(19)15-27-28(23)25(22)26(30)16-8-4-3-5-9-16/h3-15,22-25H,1-2H3/t22-,23+,24-,25+/m1/s1. The summed E-state index contributed by atoms with van der Waals surface area (Å²) in [7, 11) is 3.04. The molecule has 4 atom stereocenters. The molecule has 0 amide bonds. The molecule has 0 spiro atoms. The summed E-state index contributed by atoms with van der Waals surface area (Å²) in [5, 5.41) is 18.8. The second kappa shape index (κ2) is 8.62. The third-order valence-corrected chi connectivity index (χ3v) is 6.61.